The molecule has 0 saturated heterocycles. The molecule has 6 nitrogen and oxygen atoms in total. The Labute approximate surface area is 158 Å². The van der Waals surface area contributed by atoms with E-state index < -0.39 is 11.9 Å². The predicted molar refractivity (Wildman–Crippen MR) is 99.4 cm³/mol. The first-order valence-corrected chi connectivity index (χ1v) is 9.27. The van der Waals surface area contributed by atoms with Gasteiger partial charge in [-0.3, -0.25) is 9.59 Å². The Hall–Kier alpha value is -2.51. The summed E-state index contributed by atoms with van der Waals surface area (Å²) in [6.45, 7) is -0.295. The molecule has 1 amide bonds. The van der Waals surface area contributed by atoms with E-state index in [2.05, 4.69) is 10.3 Å². The van der Waals surface area contributed by atoms with Crippen molar-refractivity contribution in [3.63, 3.8) is 0 Å². The van der Waals surface area contributed by atoms with Crippen molar-refractivity contribution < 1.29 is 18.7 Å². The second-order valence-electron chi connectivity index (χ2n) is 5.32. The Morgan fingerprint density at radius 1 is 1.31 bits per heavy atom. The van der Waals surface area contributed by atoms with Crippen molar-refractivity contribution in [2.75, 3.05) is 12.8 Å². The fourth-order valence-electron chi connectivity index (χ4n) is 2.25. The molecule has 134 valence electrons. The van der Waals surface area contributed by atoms with Crippen molar-refractivity contribution in [3.05, 3.63) is 59.1 Å². The SMILES string of the molecule is CSc1ccc2cc(COC(=O)CNC(=O)c3ccco3)c(Cl)nc2c1. The standard InChI is InChI=1S/C18H15ClN2O4S/c1-26-13-5-4-11-7-12(17(19)21-14(11)8-13)10-25-16(22)9-20-18(23)15-3-2-6-24-15/h2-8H,9-10H2,1H3,(H,20,23). The number of thioether (sulfide) groups is 1. The van der Waals surface area contributed by atoms with E-state index in [1.165, 1.54) is 12.3 Å². The van der Waals surface area contributed by atoms with Gasteiger partial charge in [-0.2, -0.15) is 0 Å². The number of halogens is 1. The highest BCUT2D eigenvalue weighted by Crippen LogP contribution is 2.25. The zero-order valence-corrected chi connectivity index (χ0v) is 15.4. The number of benzene rings is 1. The summed E-state index contributed by atoms with van der Waals surface area (Å²) < 4.78 is 10.1. The van der Waals surface area contributed by atoms with Crippen LogP contribution in [0.4, 0.5) is 0 Å². The zero-order chi connectivity index (χ0) is 18.5. The summed E-state index contributed by atoms with van der Waals surface area (Å²) in [5.41, 5.74) is 1.38. The van der Waals surface area contributed by atoms with Crippen LogP contribution < -0.4 is 5.32 Å². The van der Waals surface area contributed by atoms with E-state index in [0.717, 1.165) is 15.8 Å². The number of esters is 1. The number of pyridine rings is 1. The van der Waals surface area contributed by atoms with Crippen LogP contribution in [0.3, 0.4) is 0 Å². The molecule has 0 spiro atoms. The van der Waals surface area contributed by atoms with Gasteiger partial charge in [0.25, 0.3) is 5.91 Å². The minimum atomic E-state index is -0.584. The molecule has 2 aromatic heterocycles. The fraction of sp³-hybridized carbons (Fsp3) is 0.167. The second kappa shape index (κ2) is 8.25. The van der Waals surface area contributed by atoms with E-state index in [9.17, 15) is 9.59 Å². The van der Waals surface area contributed by atoms with Crippen molar-refractivity contribution in [1.29, 1.82) is 0 Å². The van der Waals surface area contributed by atoms with Gasteiger partial charge in [0.05, 0.1) is 11.8 Å². The van der Waals surface area contributed by atoms with Gasteiger partial charge in [-0.25, -0.2) is 4.98 Å². The molecule has 0 aliphatic heterocycles. The molecule has 0 radical (unpaired) electrons. The number of fused-ring (bicyclic) bond motifs is 1. The van der Waals surface area contributed by atoms with Crippen molar-refractivity contribution >= 4 is 46.1 Å². The maximum absolute atomic E-state index is 11.8. The molecule has 0 aliphatic rings. The lowest BCUT2D eigenvalue weighted by atomic mass is 10.2. The van der Waals surface area contributed by atoms with Crippen molar-refractivity contribution in [2.45, 2.75) is 11.5 Å². The van der Waals surface area contributed by atoms with Gasteiger partial charge < -0.3 is 14.5 Å². The smallest absolute Gasteiger partial charge is 0.325 e. The lowest BCUT2D eigenvalue weighted by Crippen LogP contribution is -2.30. The largest absolute Gasteiger partial charge is 0.459 e. The topological polar surface area (TPSA) is 81.4 Å². The third-order valence-electron chi connectivity index (χ3n) is 3.58. The van der Waals surface area contributed by atoms with Crippen LogP contribution in [0.1, 0.15) is 16.1 Å². The average Bonchev–Trinajstić information content (AvgIpc) is 3.18. The van der Waals surface area contributed by atoms with Crippen LogP contribution in [0.5, 0.6) is 0 Å². The number of nitrogens with zero attached hydrogens (tertiary/aromatic N) is 1. The summed E-state index contributed by atoms with van der Waals surface area (Å²) in [6.07, 6.45) is 3.37. The number of amides is 1. The molecule has 2 heterocycles. The predicted octanol–water partition coefficient (Wildman–Crippen LogP) is 3.68. The first-order chi connectivity index (χ1) is 12.6. The van der Waals surface area contributed by atoms with Gasteiger partial charge in [-0.15, -0.1) is 11.8 Å². The summed E-state index contributed by atoms with van der Waals surface area (Å²) in [4.78, 5) is 28.9. The molecule has 26 heavy (non-hydrogen) atoms. The summed E-state index contributed by atoms with van der Waals surface area (Å²) in [7, 11) is 0. The number of hydrogen-bond donors (Lipinski definition) is 1. The first-order valence-electron chi connectivity index (χ1n) is 7.67. The summed E-state index contributed by atoms with van der Waals surface area (Å²) >= 11 is 7.81. The van der Waals surface area contributed by atoms with Crippen LogP contribution in [0.2, 0.25) is 5.15 Å². The quantitative estimate of drug-likeness (QED) is 0.393. The Balaban J connectivity index is 1.59. The van der Waals surface area contributed by atoms with Gasteiger partial charge >= 0.3 is 5.97 Å². The molecule has 0 bridgehead atoms. The first kappa shape index (κ1) is 18.3. The highest BCUT2D eigenvalue weighted by Gasteiger charge is 2.12. The van der Waals surface area contributed by atoms with Crippen LogP contribution in [0.25, 0.3) is 10.9 Å². The fourth-order valence-corrected chi connectivity index (χ4v) is 2.89. The van der Waals surface area contributed by atoms with E-state index >= 15 is 0 Å². The van der Waals surface area contributed by atoms with E-state index in [0.29, 0.717) is 5.56 Å². The number of aromatic nitrogens is 1. The molecule has 0 aliphatic carbocycles. The Morgan fingerprint density at radius 3 is 2.88 bits per heavy atom. The second-order valence-corrected chi connectivity index (χ2v) is 6.56. The number of ether oxygens (including phenoxy) is 1. The summed E-state index contributed by atoms with van der Waals surface area (Å²) in [5, 5.41) is 3.61. The van der Waals surface area contributed by atoms with E-state index in [1.54, 1.807) is 17.8 Å². The number of nitrogens with one attached hydrogen (secondary N) is 1. The minimum Gasteiger partial charge on any atom is -0.459 e. The molecule has 0 fully saturated rings. The molecular weight excluding hydrogens is 376 g/mol. The van der Waals surface area contributed by atoms with Gasteiger partial charge in [0.15, 0.2) is 5.76 Å². The number of furan rings is 1. The number of carbonyl (C=O) groups is 2. The van der Waals surface area contributed by atoms with Crippen molar-refractivity contribution in [3.8, 4) is 0 Å². The number of carbonyl (C=O) groups excluding carboxylic acids is 2. The minimum absolute atomic E-state index is 0.0263. The van der Waals surface area contributed by atoms with Gasteiger partial charge in [-0.1, -0.05) is 17.7 Å². The maximum Gasteiger partial charge on any atom is 0.325 e. The van der Waals surface area contributed by atoms with Crippen LogP contribution in [-0.2, 0) is 16.1 Å². The summed E-state index contributed by atoms with van der Waals surface area (Å²) in [5.74, 6) is -0.940. The molecular formula is C18H15ClN2O4S. The van der Waals surface area contributed by atoms with Crippen LogP contribution in [-0.4, -0.2) is 29.7 Å². The number of hydrogen-bond acceptors (Lipinski definition) is 6. The average molecular weight is 391 g/mol. The third-order valence-corrected chi connectivity index (χ3v) is 4.63. The number of rotatable bonds is 6. The van der Waals surface area contributed by atoms with Crippen LogP contribution >= 0.6 is 23.4 Å². The molecule has 1 aromatic carbocycles. The van der Waals surface area contributed by atoms with Crippen molar-refractivity contribution in [1.82, 2.24) is 10.3 Å². The molecule has 1 N–H and O–H groups in total. The monoisotopic (exact) mass is 390 g/mol. The Bertz CT molecular complexity index is 944. The molecule has 0 atom stereocenters. The van der Waals surface area contributed by atoms with Gasteiger partial charge in [0.2, 0.25) is 0 Å². The lowest BCUT2D eigenvalue weighted by Gasteiger charge is -2.09. The van der Waals surface area contributed by atoms with E-state index in [4.69, 9.17) is 20.8 Å². The molecule has 8 heteroatoms. The Kier molecular flexibility index (Phi) is 5.80. The van der Waals surface area contributed by atoms with E-state index in [1.807, 2.05) is 30.5 Å². The summed E-state index contributed by atoms with van der Waals surface area (Å²) in [6, 6.07) is 10.8. The molecule has 0 saturated carbocycles. The van der Waals surface area contributed by atoms with Gasteiger partial charge in [0, 0.05) is 15.8 Å². The van der Waals surface area contributed by atoms with E-state index in [-0.39, 0.29) is 24.1 Å². The zero-order valence-electron chi connectivity index (χ0n) is 13.8. The van der Waals surface area contributed by atoms with Crippen LogP contribution in [0.15, 0.2) is 52.0 Å². The highest BCUT2D eigenvalue weighted by molar-refractivity contribution is 7.98. The maximum atomic E-state index is 11.8. The van der Waals surface area contributed by atoms with Crippen LogP contribution in [0, 0.1) is 0 Å². The van der Waals surface area contributed by atoms with Crippen molar-refractivity contribution in [2.24, 2.45) is 0 Å². The highest BCUT2D eigenvalue weighted by atomic mass is 35.5. The molecule has 3 rings (SSSR count). The Morgan fingerprint density at radius 2 is 2.15 bits per heavy atom. The van der Waals surface area contributed by atoms with Gasteiger partial charge in [-0.05, 0) is 36.6 Å². The lowest BCUT2D eigenvalue weighted by molar-refractivity contribution is -0.143. The normalized spacial score (nSPS) is 10.7. The third kappa shape index (κ3) is 4.36. The molecule has 3 aromatic rings. The molecule has 0 unspecified atom stereocenters. The van der Waals surface area contributed by atoms with Gasteiger partial charge in [0.1, 0.15) is 18.3 Å².